The number of halogens is 3. The van der Waals surface area contributed by atoms with Crippen molar-refractivity contribution < 1.29 is 0 Å². The zero-order valence-corrected chi connectivity index (χ0v) is 8.91. The summed E-state index contributed by atoms with van der Waals surface area (Å²) in [5, 5.41) is 0. The number of alkyl halides is 2. The summed E-state index contributed by atoms with van der Waals surface area (Å²) in [6.07, 6.45) is 1.70. The molecule has 1 heterocycles. The van der Waals surface area contributed by atoms with Gasteiger partial charge in [0.1, 0.15) is 4.84 Å². The summed E-state index contributed by atoms with van der Waals surface area (Å²) >= 11 is 14.6. The fourth-order valence-electron chi connectivity index (χ4n) is 0.680. The van der Waals surface area contributed by atoms with Gasteiger partial charge in [0.2, 0.25) is 0 Å². The minimum atomic E-state index is -0.540. The van der Waals surface area contributed by atoms with Crippen LogP contribution in [0, 0.1) is 6.92 Å². The lowest BCUT2D eigenvalue weighted by Gasteiger charge is -2.02. The van der Waals surface area contributed by atoms with E-state index in [2.05, 4.69) is 20.9 Å². The molecule has 11 heavy (non-hydrogen) atoms. The highest BCUT2D eigenvalue weighted by atomic mass is 79.9. The quantitative estimate of drug-likeness (QED) is 0.698. The maximum atomic E-state index is 5.62. The summed E-state index contributed by atoms with van der Waals surface area (Å²) in [5.41, 5.74) is 1.77. The van der Waals surface area contributed by atoms with Gasteiger partial charge in [-0.3, -0.25) is 4.98 Å². The largest absolute Gasteiger partial charge is 0.257 e. The van der Waals surface area contributed by atoms with Crippen molar-refractivity contribution in [3.05, 3.63) is 28.0 Å². The van der Waals surface area contributed by atoms with Crippen molar-refractivity contribution in [2.24, 2.45) is 0 Å². The van der Waals surface area contributed by atoms with Crippen LogP contribution in [0.2, 0.25) is 0 Å². The molecular weight excluding hydrogens is 249 g/mol. The second kappa shape index (κ2) is 3.74. The first-order chi connectivity index (χ1) is 5.11. The van der Waals surface area contributed by atoms with Crippen molar-refractivity contribution in [1.29, 1.82) is 0 Å². The zero-order valence-electron chi connectivity index (χ0n) is 5.81. The molecule has 0 N–H and O–H groups in total. The molecule has 0 saturated carbocycles. The van der Waals surface area contributed by atoms with E-state index in [-0.39, 0.29) is 0 Å². The average molecular weight is 255 g/mol. The van der Waals surface area contributed by atoms with Crippen LogP contribution >= 0.6 is 39.1 Å². The molecule has 0 bridgehead atoms. The monoisotopic (exact) mass is 253 g/mol. The summed E-state index contributed by atoms with van der Waals surface area (Å²) in [5.74, 6) is 0. The van der Waals surface area contributed by atoms with Crippen molar-refractivity contribution >= 4 is 39.1 Å². The molecule has 4 heteroatoms. The van der Waals surface area contributed by atoms with Gasteiger partial charge in [-0.1, -0.05) is 23.2 Å². The fraction of sp³-hybridized carbons (Fsp3) is 0.286. The Morgan fingerprint density at radius 2 is 2.18 bits per heavy atom. The summed E-state index contributed by atoms with van der Waals surface area (Å²) < 4.78 is 0.968. The minimum absolute atomic E-state index is 0.540. The van der Waals surface area contributed by atoms with Crippen molar-refractivity contribution in [2.45, 2.75) is 11.8 Å². The SMILES string of the molecule is Cc1cc(C(Cl)Cl)ncc1Br. The van der Waals surface area contributed by atoms with E-state index < -0.39 is 4.84 Å². The summed E-state index contributed by atoms with van der Waals surface area (Å²) in [4.78, 5) is 3.49. The lowest BCUT2D eigenvalue weighted by Crippen LogP contribution is -1.89. The van der Waals surface area contributed by atoms with Gasteiger partial charge >= 0.3 is 0 Å². The Labute approximate surface area is 83.9 Å². The number of nitrogens with zero attached hydrogens (tertiary/aromatic N) is 1. The highest BCUT2D eigenvalue weighted by Gasteiger charge is 2.05. The maximum Gasteiger partial charge on any atom is 0.149 e. The van der Waals surface area contributed by atoms with Crippen molar-refractivity contribution in [3.8, 4) is 0 Å². The second-order valence-electron chi connectivity index (χ2n) is 2.16. The van der Waals surface area contributed by atoms with Gasteiger partial charge in [-0.15, -0.1) is 0 Å². The molecule has 0 amide bonds. The molecule has 0 aliphatic heterocycles. The third-order valence-electron chi connectivity index (χ3n) is 1.29. The topological polar surface area (TPSA) is 12.9 Å². The van der Waals surface area contributed by atoms with Crippen LogP contribution in [0.15, 0.2) is 16.7 Å². The maximum absolute atomic E-state index is 5.62. The van der Waals surface area contributed by atoms with Gasteiger partial charge in [0.25, 0.3) is 0 Å². The molecule has 1 rings (SSSR count). The molecule has 0 saturated heterocycles. The molecule has 0 aliphatic carbocycles. The van der Waals surface area contributed by atoms with Gasteiger partial charge < -0.3 is 0 Å². The number of aromatic nitrogens is 1. The minimum Gasteiger partial charge on any atom is -0.257 e. The van der Waals surface area contributed by atoms with Crippen molar-refractivity contribution in [1.82, 2.24) is 4.98 Å². The Bertz CT molecular complexity index is 263. The van der Waals surface area contributed by atoms with E-state index in [0.29, 0.717) is 5.69 Å². The Hall–Kier alpha value is 0.210. The first kappa shape index (κ1) is 9.30. The number of hydrogen-bond acceptors (Lipinski definition) is 1. The van der Waals surface area contributed by atoms with E-state index in [1.54, 1.807) is 6.20 Å². The van der Waals surface area contributed by atoms with Crippen LogP contribution in [0.25, 0.3) is 0 Å². The Morgan fingerprint density at radius 1 is 1.55 bits per heavy atom. The van der Waals surface area contributed by atoms with Crippen LogP contribution < -0.4 is 0 Å². The van der Waals surface area contributed by atoms with Gasteiger partial charge in [-0.05, 0) is 34.5 Å². The average Bonchev–Trinajstić information content (AvgIpc) is 1.94. The van der Waals surface area contributed by atoms with Crippen LogP contribution in [0.5, 0.6) is 0 Å². The first-order valence-corrected chi connectivity index (χ1v) is 4.68. The standard InChI is InChI=1S/C7H6BrCl2N/c1-4-2-6(7(9)10)11-3-5(4)8/h2-3,7H,1H3. The van der Waals surface area contributed by atoms with E-state index in [1.807, 2.05) is 13.0 Å². The highest BCUT2D eigenvalue weighted by Crippen LogP contribution is 2.25. The normalized spacial score (nSPS) is 10.6. The molecule has 1 aromatic heterocycles. The van der Waals surface area contributed by atoms with Gasteiger partial charge in [0.05, 0.1) is 5.69 Å². The molecule has 0 spiro atoms. The summed E-state index contributed by atoms with van der Waals surface area (Å²) in [6.45, 7) is 1.96. The molecule has 0 atom stereocenters. The van der Waals surface area contributed by atoms with Gasteiger partial charge in [0.15, 0.2) is 0 Å². The van der Waals surface area contributed by atoms with Crippen LogP contribution in [0.1, 0.15) is 16.1 Å². The van der Waals surface area contributed by atoms with Crippen molar-refractivity contribution in [2.75, 3.05) is 0 Å². The molecule has 0 fully saturated rings. The molecule has 60 valence electrons. The number of aryl methyl sites for hydroxylation is 1. The Balaban J connectivity index is 3.05. The van der Waals surface area contributed by atoms with Crippen LogP contribution in [0.4, 0.5) is 0 Å². The van der Waals surface area contributed by atoms with Gasteiger partial charge in [-0.2, -0.15) is 0 Å². The molecule has 0 unspecified atom stereocenters. The third-order valence-corrected chi connectivity index (χ3v) is 2.57. The van der Waals surface area contributed by atoms with E-state index >= 15 is 0 Å². The number of rotatable bonds is 1. The Morgan fingerprint density at radius 3 is 2.64 bits per heavy atom. The van der Waals surface area contributed by atoms with E-state index in [0.717, 1.165) is 10.0 Å². The highest BCUT2D eigenvalue weighted by molar-refractivity contribution is 9.10. The van der Waals surface area contributed by atoms with Gasteiger partial charge in [-0.25, -0.2) is 0 Å². The van der Waals surface area contributed by atoms with Crippen molar-refractivity contribution in [3.63, 3.8) is 0 Å². The van der Waals surface area contributed by atoms with Crippen LogP contribution in [-0.4, -0.2) is 4.98 Å². The number of pyridine rings is 1. The predicted molar refractivity (Wildman–Crippen MR) is 51.1 cm³/mol. The zero-order chi connectivity index (χ0) is 8.43. The van der Waals surface area contributed by atoms with Crippen LogP contribution in [0.3, 0.4) is 0 Å². The number of hydrogen-bond donors (Lipinski definition) is 0. The lowest BCUT2D eigenvalue weighted by molar-refractivity contribution is 1.12. The lowest BCUT2D eigenvalue weighted by atomic mass is 10.2. The van der Waals surface area contributed by atoms with Crippen LogP contribution in [-0.2, 0) is 0 Å². The molecule has 1 nitrogen and oxygen atoms in total. The molecule has 1 aromatic rings. The van der Waals surface area contributed by atoms with Gasteiger partial charge in [0, 0.05) is 10.7 Å². The first-order valence-electron chi connectivity index (χ1n) is 3.01. The fourth-order valence-corrected chi connectivity index (χ4v) is 1.14. The second-order valence-corrected chi connectivity index (χ2v) is 4.11. The molecule has 0 aromatic carbocycles. The smallest absolute Gasteiger partial charge is 0.149 e. The van der Waals surface area contributed by atoms with E-state index in [1.165, 1.54) is 0 Å². The van der Waals surface area contributed by atoms with E-state index in [4.69, 9.17) is 23.2 Å². The Kier molecular flexibility index (Phi) is 3.16. The molecule has 0 aliphatic rings. The van der Waals surface area contributed by atoms with E-state index in [9.17, 15) is 0 Å². The summed E-state index contributed by atoms with van der Waals surface area (Å²) in [7, 11) is 0. The molecular formula is C7H6BrCl2N. The summed E-state index contributed by atoms with van der Waals surface area (Å²) in [6, 6.07) is 1.86. The predicted octanol–water partition coefficient (Wildman–Crippen LogP) is 3.63. The molecule has 0 radical (unpaired) electrons. The third kappa shape index (κ3) is 2.32.